The molecule has 196 valence electrons. The van der Waals surface area contributed by atoms with Crippen molar-refractivity contribution >= 4 is 5.97 Å². The third-order valence-corrected chi connectivity index (χ3v) is 5.59. The number of aliphatic hydroxyl groups excluding tert-OH is 1. The molecule has 0 aliphatic carbocycles. The fourth-order valence-corrected chi connectivity index (χ4v) is 3.70. The van der Waals surface area contributed by atoms with Gasteiger partial charge in [-0.05, 0) is 75.5 Å². The number of methoxy groups -OCH3 is 4. The Morgan fingerprint density at radius 1 is 0.914 bits per heavy atom. The van der Waals surface area contributed by atoms with Crippen LogP contribution < -0.4 is 18.9 Å². The molecule has 2 aromatic rings. The molecule has 0 saturated heterocycles. The standard InChI is InChI=1S/C17H29NO2.C10H12O5/c1-4-11-18(12-5-6-13-19)15(2)14-16-7-9-17(20-3)10-8-16;1-13-7-4-6(10(11)12)5-8(14-2)9(7)15-3/h7-10,15,19H,4-6,11-14H2,1-3H3;4-5H,1-3H3,(H,11,12). The molecule has 35 heavy (non-hydrogen) atoms. The van der Waals surface area contributed by atoms with Gasteiger partial charge in [-0.25, -0.2) is 4.79 Å². The summed E-state index contributed by atoms with van der Waals surface area (Å²) in [6.45, 7) is 7.01. The van der Waals surface area contributed by atoms with Crippen molar-refractivity contribution in [3.8, 4) is 23.0 Å². The van der Waals surface area contributed by atoms with Gasteiger partial charge in [0.25, 0.3) is 0 Å². The van der Waals surface area contributed by atoms with Crippen LogP contribution in [0.15, 0.2) is 36.4 Å². The molecule has 0 bridgehead atoms. The van der Waals surface area contributed by atoms with Crippen molar-refractivity contribution in [1.29, 1.82) is 0 Å². The topological polar surface area (TPSA) is 97.7 Å². The molecule has 2 rings (SSSR count). The molecule has 0 spiro atoms. The van der Waals surface area contributed by atoms with E-state index in [1.165, 1.54) is 45.4 Å². The van der Waals surface area contributed by atoms with E-state index in [4.69, 9.17) is 29.2 Å². The third kappa shape index (κ3) is 10.0. The molecule has 2 N–H and O–H groups in total. The predicted molar refractivity (Wildman–Crippen MR) is 137 cm³/mol. The van der Waals surface area contributed by atoms with Crippen LogP contribution in [0.25, 0.3) is 0 Å². The van der Waals surface area contributed by atoms with Crippen LogP contribution in [-0.4, -0.2) is 75.3 Å². The minimum atomic E-state index is -1.05. The number of aliphatic hydroxyl groups is 1. The third-order valence-electron chi connectivity index (χ3n) is 5.59. The van der Waals surface area contributed by atoms with Crippen molar-refractivity contribution in [2.24, 2.45) is 0 Å². The van der Waals surface area contributed by atoms with Crippen LogP contribution in [0.2, 0.25) is 0 Å². The summed E-state index contributed by atoms with van der Waals surface area (Å²) in [6.07, 6.45) is 4.20. The van der Waals surface area contributed by atoms with Crippen molar-refractivity contribution in [3.05, 3.63) is 47.5 Å². The first-order valence-corrected chi connectivity index (χ1v) is 11.9. The van der Waals surface area contributed by atoms with E-state index in [2.05, 4.69) is 30.9 Å². The summed E-state index contributed by atoms with van der Waals surface area (Å²) in [5.41, 5.74) is 1.44. The van der Waals surface area contributed by atoms with Crippen molar-refractivity contribution in [2.45, 2.75) is 45.6 Å². The fraction of sp³-hybridized carbons (Fsp3) is 0.519. The van der Waals surface area contributed by atoms with Crippen LogP contribution in [0.3, 0.4) is 0 Å². The SMILES string of the molecule is CCCN(CCCCO)C(C)Cc1ccc(OC)cc1.COc1cc(C(=O)O)cc(OC)c1OC. The summed E-state index contributed by atoms with van der Waals surface area (Å²) in [5.74, 6) is 0.900. The van der Waals surface area contributed by atoms with E-state index in [0.29, 0.717) is 29.9 Å². The van der Waals surface area contributed by atoms with Gasteiger partial charge in [-0.15, -0.1) is 0 Å². The van der Waals surface area contributed by atoms with Crippen molar-refractivity contribution in [1.82, 2.24) is 4.90 Å². The number of rotatable bonds is 14. The van der Waals surface area contributed by atoms with Gasteiger partial charge < -0.3 is 34.1 Å². The molecule has 0 fully saturated rings. The molecule has 1 unspecified atom stereocenters. The smallest absolute Gasteiger partial charge is 0.335 e. The summed E-state index contributed by atoms with van der Waals surface area (Å²) in [5, 5.41) is 17.7. The number of aromatic carboxylic acids is 1. The minimum Gasteiger partial charge on any atom is -0.497 e. The van der Waals surface area contributed by atoms with Crippen LogP contribution in [0.4, 0.5) is 0 Å². The molecule has 0 aliphatic heterocycles. The highest BCUT2D eigenvalue weighted by Gasteiger charge is 2.16. The Hall–Kier alpha value is -2.97. The first-order valence-electron chi connectivity index (χ1n) is 11.9. The van der Waals surface area contributed by atoms with Gasteiger partial charge in [0.1, 0.15) is 5.75 Å². The Balaban J connectivity index is 0.000000365. The van der Waals surface area contributed by atoms with Crippen molar-refractivity contribution in [3.63, 3.8) is 0 Å². The Bertz CT molecular complexity index is 845. The molecular weight excluding hydrogens is 450 g/mol. The number of nitrogens with zero attached hydrogens (tertiary/aromatic N) is 1. The summed E-state index contributed by atoms with van der Waals surface area (Å²) < 4.78 is 20.2. The second-order valence-corrected chi connectivity index (χ2v) is 8.09. The number of carboxylic acid groups (broad SMARTS) is 1. The largest absolute Gasteiger partial charge is 0.497 e. The van der Waals surface area contributed by atoms with E-state index in [-0.39, 0.29) is 5.56 Å². The summed E-state index contributed by atoms with van der Waals surface area (Å²) in [4.78, 5) is 13.3. The molecule has 2 aromatic carbocycles. The maximum Gasteiger partial charge on any atom is 0.335 e. The van der Waals surface area contributed by atoms with E-state index < -0.39 is 5.97 Å². The Morgan fingerprint density at radius 3 is 1.94 bits per heavy atom. The lowest BCUT2D eigenvalue weighted by atomic mass is 10.0. The zero-order valence-electron chi connectivity index (χ0n) is 21.9. The zero-order valence-corrected chi connectivity index (χ0v) is 21.9. The average Bonchev–Trinajstić information content (AvgIpc) is 2.88. The van der Waals surface area contributed by atoms with Gasteiger partial charge >= 0.3 is 5.97 Å². The summed E-state index contributed by atoms with van der Waals surface area (Å²) in [7, 11) is 6.02. The molecule has 0 aromatic heterocycles. The maximum atomic E-state index is 10.8. The van der Waals surface area contributed by atoms with Gasteiger partial charge in [-0.3, -0.25) is 0 Å². The first kappa shape index (κ1) is 30.1. The Labute approximate surface area is 209 Å². The van der Waals surface area contributed by atoms with E-state index >= 15 is 0 Å². The van der Waals surface area contributed by atoms with Gasteiger partial charge in [0.2, 0.25) is 5.75 Å². The van der Waals surface area contributed by atoms with Crippen LogP contribution in [0.1, 0.15) is 49.0 Å². The Kier molecular flexibility index (Phi) is 14.3. The van der Waals surface area contributed by atoms with E-state index in [1.807, 2.05) is 12.1 Å². The molecule has 0 heterocycles. The second-order valence-electron chi connectivity index (χ2n) is 8.09. The highest BCUT2D eigenvalue weighted by molar-refractivity contribution is 5.89. The summed E-state index contributed by atoms with van der Waals surface area (Å²) in [6, 6.07) is 11.6. The van der Waals surface area contributed by atoms with Gasteiger partial charge in [0.05, 0.1) is 34.0 Å². The first-order chi connectivity index (χ1) is 16.8. The molecular formula is C27H41NO7. The van der Waals surface area contributed by atoms with Crippen LogP contribution in [0.5, 0.6) is 23.0 Å². The molecule has 1 atom stereocenters. The van der Waals surface area contributed by atoms with E-state index in [0.717, 1.165) is 38.1 Å². The lowest BCUT2D eigenvalue weighted by Crippen LogP contribution is -2.36. The number of carbonyl (C=O) groups is 1. The highest BCUT2D eigenvalue weighted by atomic mass is 16.5. The van der Waals surface area contributed by atoms with Gasteiger partial charge in [-0.2, -0.15) is 0 Å². The number of unbranched alkanes of at least 4 members (excludes halogenated alkanes) is 1. The minimum absolute atomic E-state index is 0.0875. The Morgan fingerprint density at radius 2 is 1.51 bits per heavy atom. The summed E-state index contributed by atoms with van der Waals surface area (Å²) >= 11 is 0. The lowest BCUT2D eigenvalue weighted by Gasteiger charge is -2.29. The van der Waals surface area contributed by atoms with Crippen LogP contribution in [-0.2, 0) is 6.42 Å². The monoisotopic (exact) mass is 491 g/mol. The van der Waals surface area contributed by atoms with Crippen molar-refractivity contribution < 1.29 is 34.0 Å². The number of benzene rings is 2. The quantitative estimate of drug-likeness (QED) is 0.372. The molecule has 0 radical (unpaired) electrons. The zero-order chi connectivity index (χ0) is 26.2. The molecule has 0 amide bonds. The molecule has 8 nitrogen and oxygen atoms in total. The molecule has 0 saturated carbocycles. The number of hydrogen-bond acceptors (Lipinski definition) is 7. The number of carboxylic acids is 1. The van der Waals surface area contributed by atoms with Crippen LogP contribution >= 0.6 is 0 Å². The maximum absolute atomic E-state index is 10.8. The lowest BCUT2D eigenvalue weighted by molar-refractivity contribution is 0.0696. The fourth-order valence-electron chi connectivity index (χ4n) is 3.70. The van der Waals surface area contributed by atoms with Crippen LogP contribution in [0, 0.1) is 0 Å². The van der Waals surface area contributed by atoms with Gasteiger partial charge in [0.15, 0.2) is 11.5 Å². The molecule has 8 heteroatoms. The average molecular weight is 492 g/mol. The van der Waals surface area contributed by atoms with Gasteiger partial charge in [0, 0.05) is 12.6 Å². The number of ether oxygens (including phenoxy) is 4. The molecule has 0 aliphatic rings. The number of hydrogen-bond donors (Lipinski definition) is 2. The van der Waals surface area contributed by atoms with E-state index in [1.54, 1.807) is 7.11 Å². The highest BCUT2D eigenvalue weighted by Crippen LogP contribution is 2.38. The van der Waals surface area contributed by atoms with Crippen molar-refractivity contribution in [2.75, 3.05) is 48.1 Å². The van der Waals surface area contributed by atoms with Gasteiger partial charge in [-0.1, -0.05) is 19.1 Å². The predicted octanol–water partition coefficient (Wildman–Crippen LogP) is 4.52. The normalized spacial score (nSPS) is 11.3. The second kappa shape index (κ2) is 16.6. The van der Waals surface area contributed by atoms with E-state index in [9.17, 15) is 4.79 Å².